The first-order valence-electron chi connectivity index (χ1n) is 5.25. The molecule has 3 nitrogen and oxygen atoms in total. The van der Waals surface area contributed by atoms with Crippen LogP contribution in [0.3, 0.4) is 0 Å². The Morgan fingerprint density at radius 1 is 1.33 bits per heavy atom. The van der Waals surface area contributed by atoms with Gasteiger partial charge in [-0.3, -0.25) is 0 Å². The molecular weight excluding hydrogens is 190 g/mol. The number of carbonyl (C=O) groups excluding carboxylic acids is 1. The van der Waals surface area contributed by atoms with E-state index in [1.165, 1.54) is 12.8 Å². The normalized spacial score (nSPS) is 15.0. The zero-order chi connectivity index (χ0) is 10.7. The molecule has 15 heavy (non-hydrogen) atoms. The number of hydrogen-bond acceptors (Lipinski definition) is 3. The summed E-state index contributed by atoms with van der Waals surface area (Å²) in [4.78, 5) is 11.5. The number of hydrogen-bond donors (Lipinski definition) is 1. The summed E-state index contributed by atoms with van der Waals surface area (Å²) in [5, 5.41) is 0. The number of nitrogens with two attached hydrogens (primary N) is 1. The van der Waals surface area contributed by atoms with Crippen molar-refractivity contribution in [1.82, 2.24) is 0 Å². The second-order valence-corrected chi connectivity index (χ2v) is 3.94. The average molecular weight is 205 g/mol. The Hall–Kier alpha value is -1.35. The topological polar surface area (TPSA) is 52.3 Å². The van der Waals surface area contributed by atoms with E-state index in [4.69, 9.17) is 10.5 Å². The molecule has 0 unspecified atom stereocenters. The van der Waals surface area contributed by atoms with E-state index in [-0.39, 0.29) is 5.97 Å². The van der Waals surface area contributed by atoms with E-state index in [0.717, 1.165) is 5.56 Å². The number of esters is 1. The third-order valence-electron chi connectivity index (χ3n) is 2.57. The predicted molar refractivity (Wildman–Crippen MR) is 57.3 cm³/mol. The Labute approximate surface area is 89.2 Å². The lowest BCUT2D eigenvalue weighted by molar-refractivity contribution is 0.0486. The SMILES string of the molecule is NCc1ccc(C(=O)OCC2CC2)cc1. The van der Waals surface area contributed by atoms with E-state index >= 15 is 0 Å². The van der Waals surface area contributed by atoms with Crippen LogP contribution >= 0.6 is 0 Å². The quantitative estimate of drug-likeness (QED) is 0.761. The van der Waals surface area contributed by atoms with Crippen molar-refractivity contribution in [1.29, 1.82) is 0 Å². The standard InChI is InChI=1S/C12H15NO2/c13-7-9-3-5-11(6-4-9)12(14)15-8-10-1-2-10/h3-6,10H,1-2,7-8,13H2. The van der Waals surface area contributed by atoms with Crippen LogP contribution in [0.25, 0.3) is 0 Å². The molecule has 1 aliphatic rings. The van der Waals surface area contributed by atoms with Crippen LogP contribution < -0.4 is 5.73 Å². The van der Waals surface area contributed by atoms with E-state index in [1.54, 1.807) is 12.1 Å². The molecule has 0 atom stereocenters. The second kappa shape index (κ2) is 4.45. The molecule has 0 aromatic heterocycles. The fraction of sp³-hybridized carbons (Fsp3) is 0.417. The van der Waals surface area contributed by atoms with Crippen LogP contribution in [-0.2, 0) is 11.3 Å². The van der Waals surface area contributed by atoms with E-state index in [2.05, 4.69) is 0 Å². The molecule has 80 valence electrons. The zero-order valence-electron chi connectivity index (χ0n) is 8.61. The fourth-order valence-electron chi connectivity index (χ4n) is 1.34. The van der Waals surface area contributed by atoms with E-state index in [9.17, 15) is 4.79 Å². The first kappa shape index (κ1) is 10.2. The number of benzene rings is 1. The zero-order valence-corrected chi connectivity index (χ0v) is 8.61. The van der Waals surface area contributed by atoms with Gasteiger partial charge in [0.2, 0.25) is 0 Å². The second-order valence-electron chi connectivity index (χ2n) is 3.94. The summed E-state index contributed by atoms with van der Waals surface area (Å²) < 4.78 is 5.16. The lowest BCUT2D eigenvalue weighted by Gasteiger charge is -2.04. The number of ether oxygens (including phenoxy) is 1. The molecule has 0 amide bonds. The van der Waals surface area contributed by atoms with Crippen LogP contribution in [0.15, 0.2) is 24.3 Å². The summed E-state index contributed by atoms with van der Waals surface area (Å²) in [7, 11) is 0. The average Bonchev–Trinajstić information content (AvgIpc) is 3.10. The summed E-state index contributed by atoms with van der Waals surface area (Å²) >= 11 is 0. The van der Waals surface area contributed by atoms with Gasteiger partial charge in [-0.2, -0.15) is 0 Å². The van der Waals surface area contributed by atoms with Gasteiger partial charge in [-0.25, -0.2) is 4.79 Å². The summed E-state index contributed by atoms with van der Waals surface area (Å²) in [6, 6.07) is 7.23. The Morgan fingerprint density at radius 2 is 2.00 bits per heavy atom. The highest BCUT2D eigenvalue weighted by atomic mass is 16.5. The van der Waals surface area contributed by atoms with Gasteiger partial charge in [-0.1, -0.05) is 12.1 Å². The van der Waals surface area contributed by atoms with Crippen molar-refractivity contribution in [3.63, 3.8) is 0 Å². The summed E-state index contributed by atoms with van der Waals surface area (Å²) in [6.07, 6.45) is 2.39. The molecule has 3 heteroatoms. The molecule has 2 rings (SSSR count). The molecule has 0 bridgehead atoms. The first-order valence-corrected chi connectivity index (χ1v) is 5.25. The van der Waals surface area contributed by atoms with Crippen LogP contribution in [0.4, 0.5) is 0 Å². The number of carbonyl (C=O) groups is 1. The molecule has 1 aromatic rings. The third-order valence-corrected chi connectivity index (χ3v) is 2.57. The van der Waals surface area contributed by atoms with Crippen molar-refractivity contribution >= 4 is 5.97 Å². The molecule has 0 saturated heterocycles. The highest BCUT2D eigenvalue weighted by Gasteiger charge is 2.23. The Kier molecular flexibility index (Phi) is 3.02. The van der Waals surface area contributed by atoms with Crippen molar-refractivity contribution in [3.05, 3.63) is 35.4 Å². The molecule has 1 saturated carbocycles. The van der Waals surface area contributed by atoms with Gasteiger partial charge in [0.1, 0.15) is 0 Å². The minimum absolute atomic E-state index is 0.231. The van der Waals surface area contributed by atoms with Crippen LogP contribution in [0.1, 0.15) is 28.8 Å². The molecule has 0 heterocycles. The third kappa shape index (κ3) is 2.80. The van der Waals surface area contributed by atoms with Crippen molar-refractivity contribution in [2.45, 2.75) is 19.4 Å². The van der Waals surface area contributed by atoms with Gasteiger partial charge in [0.25, 0.3) is 0 Å². The first-order chi connectivity index (χ1) is 7.29. The van der Waals surface area contributed by atoms with Crippen molar-refractivity contribution in [3.8, 4) is 0 Å². The molecule has 1 aromatic carbocycles. The maximum Gasteiger partial charge on any atom is 0.338 e. The Balaban J connectivity index is 1.91. The minimum atomic E-state index is -0.231. The molecule has 0 aliphatic heterocycles. The van der Waals surface area contributed by atoms with Crippen LogP contribution in [-0.4, -0.2) is 12.6 Å². The smallest absolute Gasteiger partial charge is 0.338 e. The molecular formula is C12H15NO2. The van der Waals surface area contributed by atoms with E-state index in [0.29, 0.717) is 24.6 Å². The van der Waals surface area contributed by atoms with E-state index in [1.807, 2.05) is 12.1 Å². The summed E-state index contributed by atoms with van der Waals surface area (Å²) in [5.41, 5.74) is 7.09. The fourth-order valence-corrected chi connectivity index (χ4v) is 1.34. The van der Waals surface area contributed by atoms with Crippen LogP contribution in [0.5, 0.6) is 0 Å². The maximum atomic E-state index is 11.5. The predicted octanol–water partition coefficient (Wildman–Crippen LogP) is 1.71. The van der Waals surface area contributed by atoms with Gasteiger partial charge in [-0.05, 0) is 36.5 Å². The van der Waals surface area contributed by atoms with Crippen molar-refractivity contribution in [2.75, 3.05) is 6.61 Å². The van der Waals surface area contributed by atoms with Gasteiger partial charge >= 0.3 is 5.97 Å². The summed E-state index contributed by atoms with van der Waals surface area (Å²) in [6.45, 7) is 1.06. The molecule has 1 fully saturated rings. The monoisotopic (exact) mass is 205 g/mol. The van der Waals surface area contributed by atoms with Crippen LogP contribution in [0, 0.1) is 5.92 Å². The largest absolute Gasteiger partial charge is 0.462 e. The summed E-state index contributed by atoms with van der Waals surface area (Å²) in [5.74, 6) is 0.378. The van der Waals surface area contributed by atoms with Crippen LogP contribution in [0.2, 0.25) is 0 Å². The molecule has 0 radical (unpaired) electrons. The highest BCUT2D eigenvalue weighted by molar-refractivity contribution is 5.89. The van der Waals surface area contributed by atoms with Crippen molar-refractivity contribution < 1.29 is 9.53 Å². The van der Waals surface area contributed by atoms with Gasteiger partial charge in [0.15, 0.2) is 0 Å². The Bertz CT molecular complexity index is 341. The van der Waals surface area contributed by atoms with Crippen molar-refractivity contribution in [2.24, 2.45) is 11.7 Å². The minimum Gasteiger partial charge on any atom is -0.462 e. The Morgan fingerprint density at radius 3 is 2.53 bits per heavy atom. The van der Waals surface area contributed by atoms with E-state index < -0.39 is 0 Å². The number of rotatable bonds is 4. The van der Waals surface area contributed by atoms with Gasteiger partial charge in [0.05, 0.1) is 12.2 Å². The molecule has 0 spiro atoms. The van der Waals surface area contributed by atoms with Gasteiger partial charge in [0, 0.05) is 6.54 Å². The van der Waals surface area contributed by atoms with Gasteiger partial charge in [-0.15, -0.1) is 0 Å². The maximum absolute atomic E-state index is 11.5. The lowest BCUT2D eigenvalue weighted by atomic mass is 10.1. The highest BCUT2D eigenvalue weighted by Crippen LogP contribution is 2.29. The molecule has 1 aliphatic carbocycles. The lowest BCUT2D eigenvalue weighted by Crippen LogP contribution is -2.07. The van der Waals surface area contributed by atoms with Gasteiger partial charge < -0.3 is 10.5 Å². The molecule has 2 N–H and O–H groups in total.